The average molecular weight is 184 g/mol. The molecule has 5 heteroatoms. The number of cyclic esters (lactones) is 1. The van der Waals surface area contributed by atoms with Gasteiger partial charge < -0.3 is 4.74 Å². The lowest BCUT2D eigenvalue weighted by Crippen LogP contribution is -2.23. The van der Waals surface area contributed by atoms with E-state index < -0.39 is 0 Å². The summed E-state index contributed by atoms with van der Waals surface area (Å²) in [5.41, 5.74) is 0. The van der Waals surface area contributed by atoms with E-state index in [0.29, 0.717) is 12.4 Å². The zero-order valence-corrected chi connectivity index (χ0v) is 6.73. The molecule has 0 saturated carbocycles. The first kappa shape index (κ1) is 7.95. The Hall–Kier alpha value is -0.150. The molecule has 1 saturated heterocycles. The normalized spacial score (nSPS) is 25.2. The molecule has 1 aliphatic heterocycles. The van der Waals surface area contributed by atoms with Gasteiger partial charge in [-0.05, 0) is 0 Å². The molecule has 0 radical (unpaired) electrons. The van der Waals surface area contributed by atoms with Crippen molar-refractivity contribution in [3.63, 3.8) is 0 Å². The van der Waals surface area contributed by atoms with Crippen LogP contribution in [0.1, 0.15) is 0 Å². The second-order valence-electron chi connectivity index (χ2n) is 2.00. The molecule has 3 nitrogen and oxygen atoms in total. The maximum Gasteiger partial charge on any atom is 0.411 e. The average Bonchev–Trinajstić information content (AvgIpc) is 2.30. The standard InChI is InChI=1S/C5H7Cl2NO2/c6-1-4-2-8(3-7)5(9)10-4/h4H,1-3H2. The Morgan fingerprint density at radius 3 is 2.70 bits per heavy atom. The van der Waals surface area contributed by atoms with Crippen LogP contribution in [0.3, 0.4) is 0 Å². The summed E-state index contributed by atoms with van der Waals surface area (Å²) in [6.07, 6.45) is -0.562. The lowest BCUT2D eigenvalue weighted by atomic mass is 10.4. The highest BCUT2D eigenvalue weighted by Gasteiger charge is 2.29. The third kappa shape index (κ3) is 1.47. The minimum absolute atomic E-state index is 0.173. The minimum atomic E-state index is -0.374. The van der Waals surface area contributed by atoms with Gasteiger partial charge in [-0.3, -0.25) is 4.90 Å². The molecule has 10 heavy (non-hydrogen) atoms. The first-order chi connectivity index (χ1) is 4.77. The molecule has 0 aromatic rings. The van der Waals surface area contributed by atoms with E-state index in [-0.39, 0.29) is 18.2 Å². The number of alkyl halides is 2. The summed E-state index contributed by atoms with van der Waals surface area (Å²) in [4.78, 5) is 12.1. The summed E-state index contributed by atoms with van der Waals surface area (Å²) in [5.74, 6) is 0.332. The Morgan fingerprint density at radius 2 is 2.40 bits per heavy atom. The van der Waals surface area contributed by atoms with Gasteiger partial charge in [-0.15, -0.1) is 23.2 Å². The minimum Gasteiger partial charge on any atom is -0.443 e. The van der Waals surface area contributed by atoms with Crippen molar-refractivity contribution in [2.45, 2.75) is 6.10 Å². The molecule has 1 aliphatic rings. The van der Waals surface area contributed by atoms with Gasteiger partial charge in [0.25, 0.3) is 0 Å². The summed E-state index contributed by atoms with van der Waals surface area (Å²) in [7, 11) is 0. The summed E-state index contributed by atoms with van der Waals surface area (Å²) >= 11 is 10.9. The van der Waals surface area contributed by atoms with Gasteiger partial charge in [-0.2, -0.15) is 0 Å². The number of amides is 1. The van der Waals surface area contributed by atoms with Gasteiger partial charge in [0.05, 0.1) is 18.4 Å². The van der Waals surface area contributed by atoms with Crippen molar-refractivity contribution >= 4 is 29.3 Å². The molecular weight excluding hydrogens is 177 g/mol. The fourth-order valence-corrected chi connectivity index (χ4v) is 1.11. The number of hydrogen-bond acceptors (Lipinski definition) is 2. The van der Waals surface area contributed by atoms with E-state index in [0.717, 1.165) is 0 Å². The first-order valence-electron chi connectivity index (χ1n) is 2.85. The lowest BCUT2D eigenvalue weighted by Gasteiger charge is -2.05. The quantitative estimate of drug-likeness (QED) is 0.477. The predicted molar refractivity (Wildman–Crippen MR) is 38.4 cm³/mol. The van der Waals surface area contributed by atoms with E-state index in [1.807, 2.05) is 0 Å². The highest BCUT2D eigenvalue weighted by Crippen LogP contribution is 2.12. The van der Waals surface area contributed by atoms with E-state index in [4.69, 9.17) is 27.9 Å². The zero-order chi connectivity index (χ0) is 7.56. The fraction of sp³-hybridized carbons (Fsp3) is 0.800. The van der Waals surface area contributed by atoms with E-state index in [2.05, 4.69) is 0 Å². The number of halogens is 2. The molecule has 0 bridgehead atoms. The van der Waals surface area contributed by atoms with Crippen LogP contribution in [0.4, 0.5) is 4.79 Å². The molecule has 0 aromatic heterocycles. The van der Waals surface area contributed by atoms with Gasteiger partial charge in [0.15, 0.2) is 0 Å². The van der Waals surface area contributed by atoms with E-state index in [1.165, 1.54) is 4.90 Å². The van der Waals surface area contributed by atoms with Crippen LogP contribution >= 0.6 is 23.2 Å². The van der Waals surface area contributed by atoms with Crippen molar-refractivity contribution in [1.29, 1.82) is 0 Å². The fourth-order valence-electron chi connectivity index (χ4n) is 0.753. The van der Waals surface area contributed by atoms with Gasteiger partial charge in [0, 0.05) is 0 Å². The number of ether oxygens (including phenoxy) is 1. The van der Waals surface area contributed by atoms with Crippen molar-refractivity contribution in [2.24, 2.45) is 0 Å². The van der Waals surface area contributed by atoms with Crippen LogP contribution in [0.5, 0.6) is 0 Å². The Balaban J connectivity index is 2.44. The molecular formula is C5H7Cl2NO2. The van der Waals surface area contributed by atoms with E-state index >= 15 is 0 Å². The maximum absolute atomic E-state index is 10.7. The summed E-state index contributed by atoms with van der Waals surface area (Å²) in [5, 5.41) is 0. The molecule has 58 valence electrons. The summed E-state index contributed by atoms with van der Waals surface area (Å²) in [6.45, 7) is 0.506. The molecule has 1 heterocycles. The van der Waals surface area contributed by atoms with E-state index in [1.54, 1.807) is 0 Å². The third-order valence-electron chi connectivity index (χ3n) is 1.27. The Bertz CT molecular complexity index is 142. The van der Waals surface area contributed by atoms with Crippen LogP contribution in [-0.4, -0.2) is 35.5 Å². The van der Waals surface area contributed by atoms with Crippen molar-refractivity contribution < 1.29 is 9.53 Å². The smallest absolute Gasteiger partial charge is 0.411 e. The molecule has 1 rings (SSSR count). The van der Waals surface area contributed by atoms with Gasteiger partial charge >= 0.3 is 6.09 Å². The molecule has 0 spiro atoms. The maximum atomic E-state index is 10.7. The number of nitrogens with zero attached hydrogens (tertiary/aromatic N) is 1. The molecule has 1 unspecified atom stereocenters. The first-order valence-corrected chi connectivity index (χ1v) is 3.92. The van der Waals surface area contributed by atoms with Crippen molar-refractivity contribution in [2.75, 3.05) is 18.4 Å². The second-order valence-corrected chi connectivity index (χ2v) is 2.55. The van der Waals surface area contributed by atoms with Crippen LogP contribution in [0.25, 0.3) is 0 Å². The number of hydrogen-bond donors (Lipinski definition) is 0. The summed E-state index contributed by atoms with van der Waals surface area (Å²) in [6, 6.07) is 0.173. The third-order valence-corrected chi connectivity index (χ3v) is 1.90. The van der Waals surface area contributed by atoms with Crippen molar-refractivity contribution in [1.82, 2.24) is 4.90 Å². The largest absolute Gasteiger partial charge is 0.443 e. The second kappa shape index (κ2) is 3.30. The number of carbonyl (C=O) groups is 1. The SMILES string of the molecule is O=C1OC(CCl)CN1CCl. The molecule has 0 N–H and O–H groups in total. The highest BCUT2D eigenvalue weighted by atomic mass is 35.5. The Labute approximate surface area is 68.8 Å². The van der Waals surface area contributed by atoms with Crippen LogP contribution < -0.4 is 0 Å². The highest BCUT2D eigenvalue weighted by molar-refractivity contribution is 6.19. The molecule has 1 amide bonds. The molecule has 0 aromatic carbocycles. The van der Waals surface area contributed by atoms with Gasteiger partial charge in [-0.25, -0.2) is 4.79 Å². The van der Waals surface area contributed by atoms with Gasteiger partial charge in [-0.1, -0.05) is 0 Å². The van der Waals surface area contributed by atoms with Crippen LogP contribution in [0, 0.1) is 0 Å². The van der Waals surface area contributed by atoms with Crippen molar-refractivity contribution in [3.8, 4) is 0 Å². The van der Waals surface area contributed by atoms with Crippen LogP contribution in [0.15, 0.2) is 0 Å². The molecule has 1 fully saturated rings. The van der Waals surface area contributed by atoms with Crippen molar-refractivity contribution in [3.05, 3.63) is 0 Å². The monoisotopic (exact) mass is 183 g/mol. The topological polar surface area (TPSA) is 29.5 Å². The Morgan fingerprint density at radius 1 is 1.70 bits per heavy atom. The number of rotatable bonds is 2. The predicted octanol–water partition coefficient (Wildman–Crippen LogP) is 1.24. The van der Waals surface area contributed by atoms with Crippen LogP contribution in [0.2, 0.25) is 0 Å². The molecule has 0 aliphatic carbocycles. The lowest BCUT2D eigenvalue weighted by molar-refractivity contribution is 0.141. The van der Waals surface area contributed by atoms with Crippen LogP contribution in [-0.2, 0) is 4.74 Å². The summed E-state index contributed by atoms with van der Waals surface area (Å²) < 4.78 is 4.78. The molecule has 1 atom stereocenters. The van der Waals surface area contributed by atoms with Gasteiger partial charge in [0.1, 0.15) is 6.10 Å². The number of carbonyl (C=O) groups excluding carboxylic acids is 1. The van der Waals surface area contributed by atoms with E-state index in [9.17, 15) is 4.79 Å². The zero-order valence-electron chi connectivity index (χ0n) is 5.22. The Kier molecular flexibility index (Phi) is 2.63. The van der Waals surface area contributed by atoms with Gasteiger partial charge in [0.2, 0.25) is 0 Å².